The summed E-state index contributed by atoms with van der Waals surface area (Å²) in [7, 11) is 0. The normalized spacial score (nSPS) is 11.5. The van der Waals surface area contributed by atoms with E-state index in [1.807, 2.05) is 0 Å². The fraction of sp³-hybridized carbons (Fsp3) is 0.222. The highest BCUT2D eigenvalue weighted by molar-refractivity contribution is 6.35. The molecule has 5 heteroatoms. The van der Waals surface area contributed by atoms with Gasteiger partial charge in [-0.25, -0.2) is 0 Å². The predicted octanol–water partition coefficient (Wildman–Crippen LogP) is 3.66. The third-order valence-electron chi connectivity index (χ3n) is 1.69. The van der Waals surface area contributed by atoms with Gasteiger partial charge in [-0.15, -0.1) is 0 Å². The van der Waals surface area contributed by atoms with Gasteiger partial charge in [-0.2, -0.15) is 8.78 Å². The van der Waals surface area contributed by atoms with Crippen molar-refractivity contribution >= 4 is 29.0 Å². The van der Waals surface area contributed by atoms with Crippen LogP contribution in [0.15, 0.2) is 18.2 Å². The van der Waals surface area contributed by atoms with Crippen LogP contribution in [-0.4, -0.2) is 11.2 Å². The first-order chi connectivity index (χ1) is 6.32. The molecule has 14 heavy (non-hydrogen) atoms. The SMILES string of the molecule is Cc1cc(Cl)ccc1C(=O)C(F)(F)Cl. The average molecular weight is 239 g/mol. The van der Waals surface area contributed by atoms with E-state index in [0.29, 0.717) is 10.6 Å². The molecule has 1 aromatic carbocycles. The molecule has 1 rings (SSSR count). The fourth-order valence-electron chi connectivity index (χ4n) is 1.03. The van der Waals surface area contributed by atoms with Crippen LogP contribution in [0.2, 0.25) is 5.02 Å². The van der Waals surface area contributed by atoms with Crippen molar-refractivity contribution in [1.29, 1.82) is 0 Å². The van der Waals surface area contributed by atoms with E-state index in [0.717, 1.165) is 0 Å². The molecule has 0 heterocycles. The van der Waals surface area contributed by atoms with Crippen LogP contribution in [0.4, 0.5) is 8.78 Å². The summed E-state index contributed by atoms with van der Waals surface area (Å²) in [6, 6.07) is 4.03. The van der Waals surface area contributed by atoms with Crippen molar-refractivity contribution in [3.05, 3.63) is 34.3 Å². The summed E-state index contributed by atoms with van der Waals surface area (Å²) < 4.78 is 24.9. The molecule has 0 atom stereocenters. The summed E-state index contributed by atoms with van der Waals surface area (Å²) in [4.78, 5) is 11.1. The van der Waals surface area contributed by atoms with Crippen LogP contribution in [0.3, 0.4) is 0 Å². The summed E-state index contributed by atoms with van der Waals surface area (Å²) in [5.74, 6) is -1.41. The van der Waals surface area contributed by atoms with Gasteiger partial charge in [-0.3, -0.25) is 4.79 Å². The second-order valence-corrected chi connectivity index (χ2v) is 3.70. The zero-order valence-electron chi connectivity index (χ0n) is 7.15. The highest BCUT2D eigenvalue weighted by Gasteiger charge is 2.37. The van der Waals surface area contributed by atoms with Crippen LogP contribution in [0.1, 0.15) is 15.9 Å². The Morgan fingerprint density at radius 1 is 1.43 bits per heavy atom. The Bertz CT molecular complexity index is 372. The van der Waals surface area contributed by atoms with Crippen LogP contribution in [-0.2, 0) is 0 Å². The molecule has 0 radical (unpaired) electrons. The highest BCUT2D eigenvalue weighted by atomic mass is 35.5. The summed E-state index contributed by atoms with van der Waals surface area (Å²) in [6.07, 6.45) is 0. The second-order valence-electron chi connectivity index (χ2n) is 2.79. The molecule has 1 aromatic rings. The molecule has 0 unspecified atom stereocenters. The molecule has 0 aromatic heterocycles. The van der Waals surface area contributed by atoms with Gasteiger partial charge in [0.25, 0.3) is 0 Å². The lowest BCUT2D eigenvalue weighted by Gasteiger charge is -2.08. The van der Waals surface area contributed by atoms with Crippen LogP contribution in [0.5, 0.6) is 0 Å². The van der Waals surface area contributed by atoms with Crippen molar-refractivity contribution in [3.63, 3.8) is 0 Å². The number of carbonyl (C=O) groups excluding carboxylic acids is 1. The molecule has 0 bridgehead atoms. The van der Waals surface area contributed by atoms with E-state index in [4.69, 9.17) is 11.6 Å². The first-order valence-electron chi connectivity index (χ1n) is 3.70. The smallest absolute Gasteiger partial charge is 0.286 e. The summed E-state index contributed by atoms with van der Waals surface area (Å²) in [5.41, 5.74) is 0.261. The van der Waals surface area contributed by atoms with E-state index < -0.39 is 11.2 Å². The first-order valence-corrected chi connectivity index (χ1v) is 4.45. The van der Waals surface area contributed by atoms with Crippen molar-refractivity contribution in [2.24, 2.45) is 0 Å². The maximum absolute atomic E-state index is 12.5. The maximum Gasteiger partial charge on any atom is 0.384 e. The van der Waals surface area contributed by atoms with Crippen LogP contribution < -0.4 is 0 Å². The van der Waals surface area contributed by atoms with Gasteiger partial charge in [-0.05, 0) is 42.3 Å². The predicted molar refractivity (Wildman–Crippen MR) is 51.3 cm³/mol. The molecule has 0 amide bonds. The fourth-order valence-corrected chi connectivity index (χ4v) is 1.36. The van der Waals surface area contributed by atoms with Crippen molar-refractivity contribution in [3.8, 4) is 0 Å². The summed E-state index contributed by atoms with van der Waals surface area (Å²) in [6.45, 7) is 1.52. The van der Waals surface area contributed by atoms with E-state index in [-0.39, 0.29) is 5.56 Å². The molecular weight excluding hydrogens is 233 g/mol. The minimum Gasteiger partial charge on any atom is -0.286 e. The van der Waals surface area contributed by atoms with Crippen LogP contribution in [0.25, 0.3) is 0 Å². The molecule has 0 spiro atoms. The van der Waals surface area contributed by atoms with E-state index in [2.05, 4.69) is 11.6 Å². The molecule has 0 aliphatic heterocycles. The molecule has 76 valence electrons. The average Bonchev–Trinajstić information content (AvgIpc) is 2.01. The number of ketones is 1. The van der Waals surface area contributed by atoms with Gasteiger partial charge in [0.05, 0.1) is 0 Å². The van der Waals surface area contributed by atoms with Crippen molar-refractivity contribution in [2.75, 3.05) is 0 Å². The molecule has 0 fully saturated rings. The molecule has 1 nitrogen and oxygen atoms in total. The van der Waals surface area contributed by atoms with Gasteiger partial charge in [0.2, 0.25) is 5.78 Å². The van der Waals surface area contributed by atoms with E-state index >= 15 is 0 Å². The number of aryl methyl sites for hydroxylation is 1. The topological polar surface area (TPSA) is 17.1 Å². The zero-order chi connectivity index (χ0) is 10.9. The number of carbonyl (C=O) groups is 1. The number of benzene rings is 1. The largest absolute Gasteiger partial charge is 0.384 e. The van der Waals surface area contributed by atoms with Gasteiger partial charge in [0.15, 0.2) is 0 Å². The lowest BCUT2D eigenvalue weighted by molar-refractivity contribution is 0.0535. The monoisotopic (exact) mass is 238 g/mol. The lowest BCUT2D eigenvalue weighted by atomic mass is 10.1. The van der Waals surface area contributed by atoms with E-state index in [1.165, 1.54) is 25.1 Å². The first kappa shape index (κ1) is 11.4. The number of hydrogen-bond donors (Lipinski definition) is 0. The number of halogens is 4. The van der Waals surface area contributed by atoms with Crippen LogP contribution in [0, 0.1) is 6.92 Å². The number of alkyl halides is 3. The quantitative estimate of drug-likeness (QED) is 0.568. The number of hydrogen-bond acceptors (Lipinski definition) is 1. The zero-order valence-corrected chi connectivity index (χ0v) is 8.66. The molecule has 0 saturated heterocycles. The molecule has 0 saturated carbocycles. The lowest BCUT2D eigenvalue weighted by Crippen LogP contribution is -2.22. The Morgan fingerprint density at radius 2 is 2.00 bits per heavy atom. The Labute approximate surface area is 89.6 Å². The van der Waals surface area contributed by atoms with Crippen LogP contribution >= 0.6 is 23.2 Å². The highest BCUT2D eigenvalue weighted by Crippen LogP contribution is 2.27. The number of rotatable bonds is 2. The Kier molecular flexibility index (Phi) is 3.12. The van der Waals surface area contributed by atoms with E-state index in [1.54, 1.807) is 0 Å². The van der Waals surface area contributed by atoms with Gasteiger partial charge < -0.3 is 0 Å². The molecule has 0 aliphatic rings. The maximum atomic E-state index is 12.5. The molecular formula is C9H6Cl2F2O. The third-order valence-corrected chi connectivity index (χ3v) is 2.10. The Hall–Kier alpha value is -0.670. The van der Waals surface area contributed by atoms with Crippen molar-refractivity contribution in [1.82, 2.24) is 0 Å². The standard InChI is InChI=1S/C9H6Cl2F2O/c1-5-4-6(10)2-3-7(5)8(14)9(11,12)13/h2-4H,1H3. The summed E-state index contributed by atoms with van der Waals surface area (Å²) in [5, 5.41) is -3.48. The molecule has 0 N–H and O–H groups in total. The van der Waals surface area contributed by atoms with Gasteiger partial charge in [0.1, 0.15) is 0 Å². The minimum atomic E-state index is -3.86. The van der Waals surface area contributed by atoms with Crippen molar-refractivity contribution in [2.45, 2.75) is 12.3 Å². The minimum absolute atomic E-state index is 0.116. The van der Waals surface area contributed by atoms with Gasteiger partial charge in [0, 0.05) is 10.6 Å². The molecule has 0 aliphatic carbocycles. The second kappa shape index (κ2) is 3.83. The van der Waals surface area contributed by atoms with Gasteiger partial charge in [-0.1, -0.05) is 11.6 Å². The summed E-state index contributed by atoms with van der Waals surface area (Å²) >= 11 is 10.2. The third kappa shape index (κ3) is 2.42. The van der Waals surface area contributed by atoms with E-state index in [9.17, 15) is 13.6 Å². The van der Waals surface area contributed by atoms with Crippen molar-refractivity contribution < 1.29 is 13.6 Å². The van der Waals surface area contributed by atoms with Gasteiger partial charge >= 0.3 is 5.38 Å². The Balaban J connectivity index is 3.15. The Morgan fingerprint density at radius 3 is 2.43 bits per heavy atom. The number of Topliss-reactive ketones (excluding diaryl/α,β-unsaturated/α-hetero) is 1.